The number of aliphatic hydroxyl groups is 1. The van der Waals surface area contributed by atoms with Crippen LogP contribution in [0.5, 0.6) is 0 Å². The van der Waals surface area contributed by atoms with Crippen LogP contribution in [0, 0.1) is 6.92 Å². The summed E-state index contributed by atoms with van der Waals surface area (Å²) in [6, 6.07) is 7.54. The molecule has 1 amide bonds. The third kappa shape index (κ3) is 3.62. The molecular weight excluding hydrogens is 308 g/mol. The van der Waals surface area contributed by atoms with Crippen molar-refractivity contribution in [1.29, 1.82) is 0 Å². The summed E-state index contributed by atoms with van der Waals surface area (Å²) in [5.74, 6) is -0.0489. The Morgan fingerprint density at radius 1 is 1.30 bits per heavy atom. The predicted octanol–water partition coefficient (Wildman–Crippen LogP) is 3.50. The molecular formula is C18H22N2O2S. The van der Waals surface area contributed by atoms with Gasteiger partial charge in [-0.1, -0.05) is 25.0 Å². The first kappa shape index (κ1) is 16.1. The number of aromatic nitrogens is 1. The van der Waals surface area contributed by atoms with E-state index in [0.29, 0.717) is 12.1 Å². The van der Waals surface area contributed by atoms with E-state index < -0.39 is 5.60 Å². The Bertz CT molecular complexity index is 687. The maximum Gasteiger partial charge on any atom is 0.253 e. The van der Waals surface area contributed by atoms with Gasteiger partial charge in [-0.05, 0) is 31.9 Å². The summed E-state index contributed by atoms with van der Waals surface area (Å²) in [7, 11) is 1.76. The molecule has 0 bridgehead atoms. The van der Waals surface area contributed by atoms with E-state index in [1.807, 2.05) is 36.6 Å². The van der Waals surface area contributed by atoms with E-state index in [4.69, 9.17) is 0 Å². The lowest BCUT2D eigenvalue weighted by Crippen LogP contribution is -2.42. The number of benzene rings is 1. The average molecular weight is 330 g/mol. The number of hydrogen-bond acceptors (Lipinski definition) is 4. The molecule has 23 heavy (non-hydrogen) atoms. The molecule has 0 aliphatic heterocycles. The van der Waals surface area contributed by atoms with Crippen molar-refractivity contribution < 1.29 is 9.90 Å². The van der Waals surface area contributed by atoms with Gasteiger partial charge in [0, 0.05) is 35.8 Å². The maximum atomic E-state index is 12.5. The molecule has 5 heteroatoms. The highest BCUT2D eigenvalue weighted by Crippen LogP contribution is 2.30. The molecule has 122 valence electrons. The van der Waals surface area contributed by atoms with Crippen molar-refractivity contribution in [2.24, 2.45) is 0 Å². The van der Waals surface area contributed by atoms with Gasteiger partial charge in [-0.25, -0.2) is 4.98 Å². The summed E-state index contributed by atoms with van der Waals surface area (Å²) >= 11 is 1.60. The third-order valence-electron chi connectivity index (χ3n) is 4.41. The van der Waals surface area contributed by atoms with Crippen molar-refractivity contribution in [3.63, 3.8) is 0 Å². The Labute approximate surface area is 140 Å². The van der Waals surface area contributed by atoms with Gasteiger partial charge in [0.15, 0.2) is 0 Å². The molecule has 1 aromatic carbocycles. The fourth-order valence-corrected chi connectivity index (χ4v) is 3.97. The van der Waals surface area contributed by atoms with Crippen LogP contribution in [0.3, 0.4) is 0 Å². The molecule has 1 aliphatic carbocycles. The number of thiazole rings is 1. The van der Waals surface area contributed by atoms with Gasteiger partial charge < -0.3 is 10.0 Å². The zero-order chi connectivity index (χ0) is 16.4. The standard InChI is InChI=1S/C18H22N2O2S/c1-13-11-23-16(19-13)14-5-7-15(8-6-14)17(21)20(2)12-18(22)9-3-4-10-18/h5-8,11,22H,3-4,9-10,12H2,1-2H3. The maximum absolute atomic E-state index is 12.5. The molecule has 2 aromatic rings. The van der Waals surface area contributed by atoms with Crippen molar-refractivity contribution in [2.75, 3.05) is 13.6 Å². The molecule has 0 saturated heterocycles. The van der Waals surface area contributed by atoms with Crippen LogP contribution in [0.2, 0.25) is 0 Å². The summed E-state index contributed by atoms with van der Waals surface area (Å²) in [4.78, 5) is 18.6. The van der Waals surface area contributed by atoms with Gasteiger partial charge in [0.1, 0.15) is 5.01 Å². The van der Waals surface area contributed by atoms with Crippen LogP contribution in [0.4, 0.5) is 0 Å². The van der Waals surface area contributed by atoms with Gasteiger partial charge in [0.2, 0.25) is 0 Å². The number of carbonyl (C=O) groups is 1. The predicted molar refractivity (Wildman–Crippen MR) is 92.7 cm³/mol. The fourth-order valence-electron chi connectivity index (χ4n) is 3.17. The number of likely N-dealkylation sites (N-methyl/N-ethyl adjacent to an activating group) is 1. The Morgan fingerprint density at radius 2 is 1.96 bits per heavy atom. The van der Waals surface area contributed by atoms with Crippen molar-refractivity contribution in [2.45, 2.75) is 38.2 Å². The molecule has 1 aromatic heterocycles. The lowest BCUT2D eigenvalue weighted by molar-refractivity contribution is 0.0157. The molecule has 0 atom stereocenters. The number of aryl methyl sites for hydroxylation is 1. The molecule has 4 nitrogen and oxygen atoms in total. The average Bonchev–Trinajstić information content (AvgIpc) is 3.15. The van der Waals surface area contributed by atoms with E-state index in [1.165, 1.54) is 0 Å². The SMILES string of the molecule is Cc1csc(-c2ccc(C(=O)N(C)CC3(O)CCCC3)cc2)n1. The minimum absolute atomic E-state index is 0.0489. The summed E-state index contributed by atoms with van der Waals surface area (Å²) < 4.78 is 0. The van der Waals surface area contributed by atoms with E-state index in [-0.39, 0.29) is 5.91 Å². The largest absolute Gasteiger partial charge is 0.388 e. The van der Waals surface area contributed by atoms with E-state index >= 15 is 0 Å². The molecule has 0 unspecified atom stereocenters. The lowest BCUT2D eigenvalue weighted by Gasteiger charge is -2.28. The van der Waals surface area contributed by atoms with Crippen LogP contribution in [-0.2, 0) is 0 Å². The summed E-state index contributed by atoms with van der Waals surface area (Å²) in [5, 5.41) is 13.4. The van der Waals surface area contributed by atoms with Gasteiger partial charge >= 0.3 is 0 Å². The third-order valence-corrected chi connectivity index (χ3v) is 5.42. The zero-order valence-corrected chi connectivity index (χ0v) is 14.4. The van der Waals surface area contributed by atoms with Crippen LogP contribution in [0.1, 0.15) is 41.7 Å². The van der Waals surface area contributed by atoms with E-state index in [1.54, 1.807) is 23.3 Å². The van der Waals surface area contributed by atoms with Gasteiger partial charge in [-0.15, -0.1) is 11.3 Å². The van der Waals surface area contributed by atoms with E-state index in [2.05, 4.69) is 4.98 Å². The second-order valence-corrected chi connectivity index (χ2v) is 7.32. The van der Waals surface area contributed by atoms with Gasteiger partial charge in [-0.3, -0.25) is 4.79 Å². The minimum atomic E-state index is -0.706. The van der Waals surface area contributed by atoms with Crippen LogP contribution >= 0.6 is 11.3 Å². The Kier molecular flexibility index (Phi) is 4.50. The summed E-state index contributed by atoms with van der Waals surface area (Å²) in [5.41, 5.74) is 1.97. The quantitative estimate of drug-likeness (QED) is 0.933. The van der Waals surface area contributed by atoms with Crippen molar-refractivity contribution >= 4 is 17.2 Å². The summed E-state index contributed by atoms with van der Waals surface area (Å²) in [6.45, 7) is 2.37. The number of hydrogen-bond donors (Lipinski definition) is 1. The minimum Gasteiger partial charge on any atom is -0.388 e. The highest BCUT2D eigenvalue weighted by molar-refractivity contribution is 7.13. The Hall–Kier alpha value is -1.72. The van der Waals surface area contributed by atoms with Crippen LogP contribution in [0.15, 0.2) is 29.6 Å². The molecule has 0 spiro atoms. The highest BCUT2D eigenvalue weighted by atomic mass is 32.1. The van der Waals surface area contributed by atoms with Crippen LogP contribution < -0.4 is 0 Å². The van der Waals surface area contributed by atoms with E-state index in [9.17, 15) is 9.90 Å². The van der Waals surface area contributed by atoms with E-state index in [0.717, 1.165) is 41.9 Å². The molecule has 1 aliphatic rings. The molecule has 3 rings (SSSR count). The molecule has 1 heterocycles. The normalized spacial score (nSPS) is 16.5. The number of nitrogens with zero attached hydrogens (tertiary/aromatic N) is 2. The second-order valence-electron chi connectivity index (χ2n) is 6.46. The van der Waals surface area contributed by atoms with Gasteiger partial charge in [0.05, 0.1) is 5.60 Å². The molecule has 1 fully saturated rings. The number of rotatable bonds is 4. The molecule has 1 N–H and O–H groups in total. The van der Waals surface area contributed by atoms with Gasteiger partial charge in [-0.2, -0.15) is 0 Å². The first-order chi connectivity index (χ1) is 11.0. The number of amides is 1. The lowest BCUT2D eigenvalue weighted by atomic mass is 10.0. The van der Waals surface area contributed by atoms with Crippen molar-refractivity contribution in [1.82, 2.24) is 9.88 Å². The Morgan fingerprint density at radius 3 is 2.52 bits per heavy atom. The number of carbonyl (C=O) groups excluding carboxylic acids is 1. The molecule has 1 saturated carbocycles. The summed E-state index contributed by atoms with van der Waals surface area (Å²) in [6.07, 6.45) is 3.65. The van der Waals surface area contributed by atoms with Crippen molar-refractivity contribution in [3.05, 3.63) is 40.9 Å². The monoisotopic (exact) mass is 330 g/mol. The second kappa shape index (κ2) is 6.42. The highest BCUT2D eigenvalue weighted by Gasteiger charge is 2.33. The molecule has 0 radical (unpaired) electrons. The fraction of sp³-hybridized carbons (Fsp3) is 0.444. The van der Waals surface area contributed by atoms with Gasteiger partial charge in [0.25, 0.3) is 5.91 Å². The smallest absolute Gasteiger partial charge is 0.253 e. The topological polar surface area (TPSA) is 53.4 Å². The van der Waals surface area contributed by atoms with Crippen LogP contribution in [0.25, 0.3) is 10.6 Å². The first-order valence-electron chi connectivity index (χ1n) is 7.97. The first-order valence-corrected chi connectivity index (χ1v) is 8.85. The Balaban J connectivity index is 1.69. The van der Waals surface area contributed by atoms with Crippen LogP contribution in [-0.4, -0.2) is 40.1 Å². The van der Waals surface area contributed by atoms with Crippen molar-refractivity contribution in [3.8, 4) is 10.6 Å². The zero-order valence-electron chi connectivity index (χ0n) is 13.6.